The molecule has 0 fully saturated rings. The highest BCUT2D eigenvalue weighted by molar-refractivity contribution is 7.98. The first kappa shape index (κ1) is 16.3. The molecule has 3 nitrogen and oxygen atoms in total. The molecule has 1 unspecified atom stereocenters. The van der Waals surface area contributed by atoms with Crippen molar-refractivity contribution >= 4 is 29.3 Å². The van der Waals surface area contributed by atoms with E-state index in [1.54, 1.807) is 11.8 Å². The van der Waals surface area contributed by atoms with Gasteiger partial charge in [-0.25, -0.2) is 0 Å². The minimum absolute atomic E-state index is 0.301. The molecular formula is C14H21ClN2OS. The fourth-order valence-electron chi connectivity index (χ4n) is 1.56. The van der Waals surface area contributed by atoms with Gasteiger partial charge < -0.3 is 11.1 Å². The monoisotopic (exact) mass is 300 g/mol. The van der Waals surface area contributed by atoms with E-state index in [0.29, 0.717) is 5.75 Å². The number of halogens is 1. The molecule has 1 amide bonds. The average Bonchev–Trinajstić information content (AvgIpc) is 2.38. The molecule has 19 heavy (non-hydrogen) atoms. The maximum Gasteiger partial charge on any atom is 0.238 e. The van der Waals surface area contributed by atoms with Gasteiger partial charge in [0, 0.05) is 16.5 Å². The summed E-state index contributed by atoms with van der Waals surface area (Å²) in [5, 5.41) is 3.96. The van der Waals surface area contributed by atoms with Crippen molar-refractivity contribution < 1.29 is 4.79 Å². The van der Waals surface area contributed by atoms with E-state index in [1.807, 2.05) is 31.2 Å². The Morgan fingerprint density at radius 3 is 2.58 bits per heavy atom. The summed E-state index contributed by atoms with van der Waals surface area (Å²) in [5.74, 6) is 1.20. The van der Waals surface area contributed by atoms with Gasteiger partial charge in [-0.15, -0.1) is 0 Å². The molecule has 0 saturated carbocycles. The van der Waals surface area contributed by atoms with Crippen molar-refractivity contribution in [3.8, 4) is 0 Å². The number of hydrogen-bond donors (Lipinski definition) is 2. The summed E-state index contributed by atoms with van der Waals surface area (Å²) in [5.41, 5.74) is 6.02. The largest absolute Gasteiger partial charge is 0.368 e. The lowest BCUT2D eigenvalue weighted by atomic mass is 10.1. The van der Waals surface area contributed by atoms with Crippen molar-refractivity contribution in [3.63, 3.8) is 0 Å². The van der Waals surface area contributed by atoms with Gasteiger partial charge in [0.2, 0.25) is 5.91 Å². The summed E-state index contributed by atoms with van der Waals surface area (Å²) in [6, 6.07) is 7.74. The molecule has 0 aromatic heterocycles. The van der Waals surface area contributed by atoms with Crippen LogP contribution < -0.4 is 11.1 Å². The number of amides is 1. The molecule has 3 N–H and O–H groups in total. The maximum atomic E-state index is 11.5. The summed E-state index contributed by atoms with van der Waals surface area (Å²) in [4.78, 5) is 11.5. The Kier molecular flexibility index (Phi) is 6.69. The average molecular weight is 301 g/mol. The number of carbonyl (C=O) groups excluding carboxylic acids is 1. The van der Waals surface area contributed by atoms with Gasteiger partial charge in [-0.3, -0.25) is 4.79 Å². The summed E-state index contributed by atoms with van der Waals surface area (Å²) in [6.45, 7) is 4.72. The highest BCUT2D eigenvalue weighted by Gasteiger charge is 2.29. The summed E-state index contributed by atoms with van der Waals surface area (Å²) in [7, 11) is 0. The molecule has 0 aliphatic rings. The van der Waals surface area contributed by atoms with Crippen LogP contribution in [0.2, 0.25) is 5.02 Å². The summed E-state index contributed by atoms with van der Waals surface area (Å²) < 4.78 is 0. The zero-order valence-corrected chi connectivity index (χ0v) is 13.0. The third kappa shape index (κ3) is 5.43. The number of thioether (sulfide) groups is 1. The van der Waals surface area contributed by atoms with Crippen molar-refractivity contribution in [2.45, 2.75) is 31.6 Å². The number of primary amides is 1. The number of benzene rings is 1. The SMILES string of the molecule is CCCNC(C)(CSCc1ccc(Cl)cc1)C(N)=O. The van der Waals surface area contributed by atoms with Gasteiger partial charge in [-0.05, 0) is 37.6 Å². The van der Waals surface area contributed by atoms with Gasteiger partial charge in [0.15, 0.2) is 0 Å². The van der Waals surface area contributed by atoms with Crippen molar-refractivity contribution in [2.24, 2.45) is 5.73 Å². The van der Waals surface area contributed by atoms with Gasteiger partial charge in [0.05, 0.1) is 0 Å². The molecule has 0 aliphatic heterocycles. The highest BCUT2D eigenvalue weighted by Crippen LogP contribution is 2.19. The first-order chi connectivity index (χ1) is 8.98. The Balaban J connectivity index is 2.48. The number of rotatable bonds is 8. The fraction of sp³-hybridized carbons (Fsp3) is 0.500. The molecule has 1 rings (SSSR count). The van der Waals surface area contributed by atoms with Gasteiger partial charge in [-0.1, -0.05) is 30.7 Å². The van der Waals surface area contributed by atoms with Gasteiger partial charge in [-0.2, -0.15) is 11.8 Å². The van der Waals surface area contributed by atoms with Crippen molar-refractivity contribution in [1.82, 2.24) is 5.32 Å². The van der Waals surface area contributed by atoms with E-state index in [-0.39, 0.29) is 5.91 Å². The quantitative estimate of drug-likeness (QED) is 0.776. The van der Waals surface area contributed by atoms with E-state index >= 15 is 0 Å². The van der Waals surface area contributed by atoms with Crippen LogP contribution in [-0.4, -0.2) is 23.7 Å². The van der Waals surface area contributed by atoms with E-state index in [4.69, 9.17) is 17.3 Å². The lowest BCUT2D eigenvalue weighted by Gasteiger charge is -2.27. The van der Waals surface area contributed by atoms with Crippen LogP contribution in [0.15, 0.2) is 24.3 Å². The van der Waals surface area contributed by atoms with E-state index in [2.05, 4.69) is 12.2 Å². The summed E-state index contributed by atoms with van der Waals surface area (Å²) >= 11 is 7.53. The molecule has 0 radical (unpaired) electrons. The molecule has 1 aromatic rings. The molecule has 1 aromatic carbocycles. The van der Waals surface area contributed by atoms with Crippen molar-refractivity contribution in [1.29, 1.82) is 0 Å². The topological polar surface area (TPSA) is 55.1 Å². The molecule has 0 heterocycles. The summed E-state index contributed by atoms with van der Waals surface area (Å²) in [6.07, 6.45) is 0.977. The van der Waals surface area contributed by atoms with Crippen LogP contribution >= 0.6 is 23.4 Å². The van der Waals surface area contributed by atoms with Crippen LogP contribution in [0.5, 0.6) is 0 Å². The molecule has 0 aliphatic carbocycles. The Bertz CT molecular complexity index is 410. The normalized spacial score (nSPS) is 14.1. The van der Waals surface area contributed by atoms with E-state index in [0.717, 1.165) is 23.7 Å². The minimum Gasteiger partial charge on any atom is -0.368 e. The van der Waals surface area contributed by atoms with Crippen molar-refractivity contribution in [2.75, 3.05) is 12.3 Å². The first-order valence-corrected chi connectivity index (χ1v) is 7.88. The number of nitrogens with one attached hydrogen (secondary N) is 1. The lowest BCUT2D eigenvalue weighted by molar-refractivity contribution is -0.122. The molecule has 1 atom stereocenters. The second-order valence-electron chi connectivity index (χ2n) is 4.74. The van der Waals surface area contributed by atoms with Crippen LogP contribution in [0.1, 0.15) is 25.8 Å². The van der Waals surface area contributed by atoms with E-state index < -0.39 is 5.54 Å². The molecule has 0 bridgehead atoms. The Morgan fingerprint density at radius 1 is 1.42 bits per heavy atom. The van der Waals surface area contributed by atoms with Gasteiger partial charge in [0.25, 0.3) is 0 Å². The second-order valence-corrected chi connectivity index (χ2v) is 6.16. The second kappa shape index (κ2) is 7.78. The van der Waals surface area contributed by atoms with Crippen LogP contribution in [0, 0.1) is 0 Å². The third-order valence-corrected chi connectivity index (χ3v) is 4.45. The third-order valence-electron chi connectivity index (χ3n) is 2.88. The number of nitrogens with two attached hydrogens (primary N) is 1. The maximum absolute atomic E-state index is 11.5. The Hall–Kier alpha value is -0.710. The Labute approximate surface area is 124 Å². The first-order valence-electron chi connectivity index (χ1n) is 6.35. The lowest BCUT2D eigenvalue weighted by Crippen LogP contribution is -2.55. The molecule has 5 heteroatoms. The minimum atomic E-state index is -0.646. The van der Waals surface area contributed by atoms with E-state index in [1.165, 1.54) is 5.56 Å². The zero-order chi connectivity index (χ0) is 14.3. The van der Waals surface area contributed by atoms with Gasteiger partial charge in [0.1, 0.15) is 5.54 Å². The zero-order valence-electron chi connectivity index (χ0n) is 11.4. The van der Waals surface area contributed by atoms with Crippen LogP contribution in [0.3, 0.4) is 0 Å². The molecule has 0 spiro atoms. The smallest absolute Gasteiger partial charge is 0.238 e. The fourth-order valence-corrected chi connectivity index (χ4v) is 2.87. The van der Waals surface area contributed by atoms with Gasteiger partial charge >= 0.3 is 0 Å². The highest BCUT2D eigenvalue weighted by atomic mass is 35.5. The molecule has 106 valence electrons. The number of hydrogen-bond acceptors (Lipinski definition) is 3. The van der Waals surface area contributed by atoms with Crippen LogP contribution in [0.25, 0.3) is 0 Å². The van der Waals surface area contributed by atoms with Crippen molar-refractivity contribution in [3.05, 3.63) is 34.9 Å². The standard InChI is InChI=1S/C14H21ClN2OS/c1-3-8-17-14(2,13(16)18)10-19-9-11-4-6-12(15)7-5-11/h4-7,17H,3,8-10H2,1-2H3,(H2,16,18). The molecule has 0 saturated heterocycles. The number of carbonyl (C=O) groups is 1. The van der Waals surface area contributed by atoms with Crippen LogP contribution in [0.4, 0.5) is 0 Å². The Morgan fingerprint density at radius 2 is 2.05 bits per heavy atom. The molecular weight excluding hydrogens is 280 g/mol. The predicted octanol–water partition coefficient (Wildman–Crippen LogP) is 2.82. The van der Waals surface area contributed by atoms with E-state index in [9.17, 15) is 4.79 Å². The predicted molar refractivity (Wildman–Crippen MR) is 83.5 cm³/mol. The van der Waals surface area contributed by atoms with Crippen LogP contribution in [-0.2, 0) is 10.5 Å².